The largest absolute Gasteiger partial charge is 0.342 e. The van der Waals surface area contributed by atoms with E-state index in [0.29, 0.717) is 19.0 Å². The number of carbonyl (C=O) groups excluding carboxylic acids is 2. The second-order valence-corrected chi connectivity index (χ2v) is 12.4. The summed E-state index contributed by atoms with van der Waals surface area (Å²) in [5.74, 6) is 0.414. The summed E-state index contributed by atoms with van der Waals surface area (Å²) in [6.07, 6.45) is 11.0. The molecule has 1 heterocycles. The smallest absolute Gasteiger partial charge is 0.324 e. The molecule has 0 aliphatic heterocycles. The molecule has 0 saturated heterocycles. The highest BCUT2D eigenvalue weighted by Crippen LogP contribution is 2.33. The van der Waals surface area contributed by atoms with Gasteiger partial charge in [0.2, 0.25) is 5.91 Å². The van der Waals surface area contributed by atoms with E-state index in [4.69, 9.17) is 0 Å². The predicted octanol–water partition coefficient (Wildman–Crippen LogP) is 4.04. The van der Waals surface area contributed by atoms with Gasteiger partial charge in [-0.1, -0.05) is 37.5 Å². The van der Waals surface area contributed by atoms with Gasteiger partial charge in [0.05, 0.1) is 12.7 Å². The molecule has 0 aromatic carbocycles. The summed E-state index contributed by atoms with van der Waals surface area (Å²) in [6.45, 7) is 6.69. The number of hydrogen-bond acceptors (Lipinski definition) is 6. The zero-order chi connectivity index (χ0) is 24.7. The van der Waals surface area contributed by atoms with Crippen LogP contribution in [0.1, 0.15) is 78.6 Å². The summed E-state index contributed by atoms with van der Waals surface area (Å²) in [6, 6.07) is 0.257. The highest BCUT2D eigenvalue weighted by molar-refractivity contribution is 7.91. The maximum atomic E-state index is 13.4. The molecule has 2 N–H and O–H groups in total. The Morgan fingerprint density at radius 3 is 2.26 bits per heavy atom. The third-order valence-electron chi connectivity index (χ3n) is 7.07. The van der Waals surface area contributed by atoms with Gasteiger partial charge >= 0.3 is 6.03 Å². The maximum absolute atomic E-state index is 13.4. The fourth-order valence-corrected chi connectivity index (χ4v) is 7.06. The van der Waals surface area contributed by atoms with Crippen molar-refractivity contribution in [3.63, 3.8) is 0 Å². The standard InChI is InChI=1S/C23H39N5O4S2/c1-4-27(5-2)20(29)15-25-34(31,32)21-16-24-22(33-21)26-23(30)28(18-9-7-6-8-10-18)19-13-11-17(3)12-14-19/h16-19,25H,4-15H2,1-3H3,(H,24,26,30). The molecule has 11 heteroatoms. The van der Waals surface area contributed by atoms with Gasteiger partial charge in [0.25, 0.3) is 10.0 Å². The van der Waals surface area contributed by atoms with Crippen LogP contribution in [0.5, 0.6) is 0 Å². The van der Waals surface area contributed by atoms with Crippen LogP contribution in [-0.2, 0) is 14.8 Å². The summed E-state index contributed by atoms with van der Waals surface area (Å²) >= 11 is 0.906. The van der Waals surface area contributed by atoms with Gasteiger partial charge in [-0.2, -0.15) is 0 Å². The summed E-state index contributed by atoms with van der Waals surface area (Å²) in [5.41, 5.74) is 0. The lowest BCUT2D eigenvalue weighted by Crippen LogP contribution is -2.51. The van der Waals surface area contributed by atoms with Crippen LogP contribution in [0.3, 0.4) is 0 Å². The second kappa shape index (κ2) is 12.3. The number of nitrogens with one attached hydrogen (secondary N) is 2. The first kappa shape index (κ1) is 26.9. The molecule has 192 valence electrons. The van der Waals surface area contributed by atoms with E-state index in [9.17, 15) is 18.0 Å². The van der Waals surface area contributed by atoms with Crippen LogP contribution >= 0.6 is 11.3 Å². The zero-order valence-corrected chi connectivity index (χ0v) is 22.2. The van der Waals surface area contributed by atoms with Crippen LogP contribution in [-0.4, -0.2) is 66.9 Å². The summed E-state index contributed by atoms with van der Waals surface area (Å²) in [7, 11) is -3.89. The summed E-state index contributed by atoms with van der Waals surface area (Å²) in [4.78, 5) is 33.3. The lowest BCUT2D eigenvalue weighted by atomic mass is 9.84. The Morgan fingerprint density at radius 2 is 1.65 bits per heavy atom. The van der Waals surface area contributed by atoms with Crippen LogP contribution in [0.4, 0.5) is 9.93 Å². The number of urea groups is 1. The number of hydrogen-bond donors (Lipinski definition) is 2. The minimum atomic E-state index is -3.89. The molecule has 2 aliphatic carbocycles. The van der Waals surface area contributed by atoms with Crippen LogP contribution in [0.25, 0.3) is 0 Å². The van der Waals surface area contributed by atoms with Gasteiger partial charge in [0, 0.05) is 25.2 Å². The molecular formula is C23H39N5O4S2. The first-order valence-electron chi connectivity index (χ1n) is 12.6. The quantitative estimate of drug-likeness (QED) is 0.518. The van der Waals surface area contributed by atoms with Crippen LogP contribution in [0.2, 0.25) is 0 Å². The van der Waals surface area contributed by atoms with Crippen molar-refractivity contribution in [2.24, 2.45) is 5.92 Å². The van der Waals surface area contributed by atoms with Crippen molar-refractivity contribution in [1.29, 1.82) is 0 Å². The predicted molar refractivity (Wildman–Crippen MR) is 134 cm³/mol. The highest BCUT2D eigenvalue weighted by Gasteiger charge is 2.34. The Morgan fingerprint density at radius 1 is 1.03 bits per heavy atom. The van der Waals surface area contributed by atoms with Gasteiger partial charge in [0.1, 0.15) is 0 Å². The number of carbonyl (C=O) groups is 2. The molecule has 0 spiro atoms. The average molecular weight is 514 g/mol. The van der Waals surface area contributed by atoms with E-state index in [1.54, 1.807) is 4.90 Å². The van der Waals surface area contributed by atoms with Gasteiger partial charge in [-0.3, -0.25) is 10.1 Å². The van der Waals surface area contributed by atoms with Gasteiger partial charge < -0.3 is 9.80 Å². The number of anilines is 1. The molecule has 1 aromatic rings. The number of aromatic nitrogens is 1. The molecule has 34 heavy (non-hydrogen) atoms. The Balaban J connectivity index is 1.66. The molecular weight excluding hydrogens is 474 g/mol. The van der Waals surface area contributed by atoms with Gasteiger partial charge in [-0.05, 0) is 58.3 Å². The number of nitrogens with zero attached hydrogens (tertiary/aromatic N) is 3. The third kappa shape index (κ3) is 6.91. The van der Waals surface area contributed by atoms with E-state index in [1.807, 2.05) is 18.7 Å². The number of amides is 3. The van der Waals surface area contributed by atoms with Gasteiger partial charge in [0.15, 0.2) is 9.34 Å². The number of sulfonamides is 1. The number of likely N-dealkylation sites (N-methyl/N-ethyl adjacent to an activating group) is 1. The van der Waals surface area contributed by atoms with Crippen molar-refractivity contribution in [1.82, 2.24) is 19.5 Å². The highest BCUT2D eigenvalue weighted by atomic mass is 32.2. The molecule has 0 atom stereocenters. The van der Waals surface area contributed by atoms with Crippen LogP contribution in [0.15, 0.2) is 10.4 Å². The monoisotopic (exact) mass is 513 g/mol. The zero-order valence-electron chi connectivity index (χ0n) is 20.6. The van der Waals surface area contributed by atoms with Crippen molar-refractivity contribution in [3.05, 3.63) is 6.20 Å². The Labute approximate surface area is 207 Å². The van der Waals surface area contributed by atoms with Crippen molar-refractivity contribution < 1.29 is 18.0 Å². The van der Waals surface area contributed by atoms with Crippen molar-refractivity contribution >= 4 is 38.4 Å². The first-order chi connectivity index (χ1) is 16.2. The number of thiazole rings is 1. The summed E-state index contributed by atoms with van der Waals surface area (Å²) in [5, 5.41) is 3.12. The van der Waals surface area contributed by atoms with Crippen molar-refractivity contribution in [3.8, 4) is 0 Å². The lowest BCUT2D eigenvalue weighted by molar-refractivity contribution is -0.129. The Kier molecular flexibility index (Phi) is 9.73. The van der Waals surface area contributed by atoms with E-state index in [0.717, 1.165) is 62.7 Å². The fraction of sp³-hybridized carbons (Fsp3) is 0.783. The summed E-state index contributed by atoms with van der Waals surface area (Å²) < 4.78 is 27.6. The van der Waals surface area contributed by atoms with E-state index < -0.39 is 10.0 Å². The maximum Gasteiger partial charge on any atom is 0.324 e. The van der Waals surface area contributed by atoms with E-state index >= 15 is 0 Å². The Hall–Kier alpha value is -1.72. The second-order valence-electron chi connectivity index (χ2n) is 9.42. The molecule has 9 nitrogen and oxygen atoms in total. The van der Waals surface area contributed by atoms with Crippen LogP contribution in [0, 0.1) is 5.92 Å². The molecule has 2 aliphatic rings. The van der Waals surface area contributed by atoms with Crippen molar-refractivity contribution in [2.75, 3.05) is 25.0 Å². The van der Waals surface area contributed by atoms with Gasteiger partial charge in [-0.25, -0.2) is 22.9 Å². The number of rotatable bonds is 9. The SMILES string of the molecule is CCN(CC)C(=O)CNS(=O)(=O)c1cnc(NC(=O)N(C2CCCCC2)C2CCC(C)CC2)s1. The molecule has 0 bridgehead atoms. The van der Waals surface area contributed by atoms with Gasteiger partial charge in [-0.15, -0.1) is 0 Å². The lowest BCUT2D eigenvalue weighted by Gasteiger charge is -2.42. The third-order valence-corrected chi connectivity index (χ3v) is 9.85. The molecule has 0 unspecified atom stereocenters. The first-order valence-corrected chi connectivity index (χ1v) is 14.9. The van der Waals surface area contributed by atoms with E-state index in [-0.39, 0.29) is 39.9 Å². The molecule has 2 fully saturated rings. The molecule has 0 radical (unpaired) electrons. The fourth-order valence-electron chi connectivity index (χ4n) is 5.02. The van der Waals surface area contributed by atoms with Crippen LogP contribution < -0.4 is 10.0 Å². The minimum Gasteiger partial charge on any atom is -0.342 e. The van der Waals surface area contributed by atoms with Crippen molar-refractivity contribution in [2.45, 2.75) is 94.9 Å². The molecule has 3 amide bonds. The molecule has 1 aromatic heterocycles. The molecule has 2 saturated carbocycles. The minimum absolute atomic E-state index is 0.0224. The Bertz CT molecular complexity index is 918. The normalized spacial score (nSPS) is 21.7. The average Bonchev–Trinajstić information content (AvgIpc) is 3.30. The van der Waals surface area contributed by atoms with E-state index in [1.165, 1.54) is 12.6 Å². The van der Waals surface area contributed by atoms with E-state index in [2.05, 4.69) is 21.9 Å². The topological polar surface area (TPSA) is 112 Å². The molecule has 3 rings (SSSR count).